The van der Waals surface area contributed by atoms with Crippen LogP contribution in [0.4, 0.5) is 5.82 Å². The third-order valence-electron chi connectivity index (χ3n) is 3.46. The highest BCUT2D eigenvalue weighted by Crippen LogP contribution is 2.48. The SMILES string of the molecule is CCC1(CNc2nccc(C(=O)O)c2Cl)CC1. The molecule has 0 spiro atoms. The molecule has 1 aliphatic carbocycles. The zero-order valence-corrected chi connectivity index (χ0v) is 10.4. The standard InChI is InChI=1S/C12H15ClN2O2/c1-2-12(4-5-12)7-15-10-9(13)8(11(16)17)3-6-14-10/h3,6H,2,4-5,7H2,1H3,(H,14,15)(H,16,17). The van der Waals surface area contributed by atoms with Crippen molar-refractivity contribution >= 4 is 23.4 Å². The smallest absolute Gasteiger partial charge is 0.337 e. The number of carboxylic acids is 1. The van der Waals surface area contributed by atoms with Crippen molar-refractivity contribution in [3.63, 3.8) is 0 Å². The molecule has 0 unspecified atom stereocenters. The first-order chi connectivity index (χ1) is 8.08. The number of aromatic nitrogens is 1. The van der Waals surface area contributed by atoms with Crippen LogP contribution in [-0.4, -0.2) is 22.6 Å². The average Bonchev–Trinajstić information content (AvgIpc) is 3.08. The molecule has 2 rings (SSSR count). The van der Waals surface area contributed by atoms with Crippen LogP contribution in [0.2, 0.25) is 5.02 Å². The summed E-state index contributed by atoms with van der Waals surface area (Å²) >= 11 is 5.99. The summed E-state index contributed by atoms with van der Waals surface area (Å²) < 4.78 is 0. The highest BCUT2D eigenvalue weighted by atomic mass is 35.5. The second-order valence-electron chi connectivity index (χ2n) is 4.53. The molecule has 0 bridgehead atoms. The first-order valence-electron chi connectivity index (χ1n) is 5.70. The summed E-state index contributed by atoms with van der Waals surface area (Å²) in [6.07, 6.45) is 5.01. The number of hydrogen-bond donors (Lipinski definition) is 2. The van der Waals surface area contributed by atoms with Gasteiger partial charge in [-0.05, 0) is 30.7 Å². The van der Waals surface area contributed by atoms with Crippen LogP contribution < -0.4 is 5.32 Å². The van der Waals surface area contributed by atoms with Gasteiger partial charge in [0.15, 0.2) is 0 Å². The summed E-state index contributed by atoms with van der Waals surface area (Å²) in [6, 6.07) is 1.41. The van der Waals surface area contributed by atoms with E-state index in [1.54, 1.807) is 0 Å². The molecule has 0 atom stereocenters. The Morgan fingerprint density at radius 2 is 2.35 bits per heavy atom. The summed E-state index contributed by atoms with van der Waals surface area (Å²) in [5, 5.41) is 12.3. The van der Waals surface area contributed by atoms with Gasteiger partial charge in [-0.1, -0.05) is 18.5 Å². The van der Waals surface area contributed by atoms with Gasteiger partial charge in [0.05, 0.1) is 10.6 Å². The van der Waals surface area contributed by atoms with Gasteiger partial charge in [0.25, 0.3) is 0 Å². The van der Waals surface area contributed by atoms with E-state index in [-0.39, 0.29) is 10.6 Å². The van der Waals surface area contributed by atoms with Crippen molar-refractivity contribution in [2.75, 3.05) is 11.9 Å². The van der Waals surface area contributed by atoms with E-state index in [0.717, 1.165) is 13.0 Å². The van der Waals surface area contributed by atoms with Crippen LogP contribution in [0.3, 0.4) is 0 Å². The van der Waals surface area contributed by atoms with Crippen molar-refractivity contribution < 1.29 is 9.90 Å². The van der Waals surface area contributed by atoms with Crippen LogP contribution in [0, 0.1) is 5.41 Å². The fourth-order valence-electron chi connectivity index (χ4n) is 1.84. The van der Waals surface area contributed by atoms with E-state index in [4.69, 9.17) is 16.7 Å². The fourth-order valence-corrected chi connectivity index (χ4v) is 2.09. The number of anilines is 1. The lowest BCUT2D eigenvalue weighted by Gasteiger charge is -2.15. The maximum Gasteiger partial charge on any atom is 0.337 e. The Balaban J connectivity index is 2.11. The van der Waals surface area contributed by atoms with Gasteiger partial charge in [-0.25, -0.2) is 9.78 Å². The predicted molar refractivity (Wildman–Crippen MR) is 66.7 cm³/mol. The number of rotatable bonds is 5. The Morgan fingerprint density at radius 1 is 1.65 bits per heavy atom. The summed E-state index contributed by atoms with van der Waals surface area (Å²) in [7, 11) is 0. The molecule has 2 N–H and O–H groups in total. The van der Waals surface area contributed by atoms with Crippen molar-refractivity contribution in [2.45, 2.75) is 26.2 Å². The lowest BCUT2D eigenvalue weighted by molar-refractivity contribution is 0.0697. The second kappa shape index (κ2) is 4.53. The largest absolute Gasteiger partial charge is 0.478 e. The van der Waals surface area contributed by atoms with Crippen LogP contribution in [0.1, 0.15) is 36.5 Å². The van der Waals surface area contributed by atoms with Crippen LogP contribution in [-0.2, 0) is 0 Å². The van der Waals surface area contributed by atoms with E-state index in [0.29, 0.717) is 11.2 Å². The van der Waals surface area contributed by atoms with E-state index in [2.05, 4.69) is 17.2 Å². The maximum atomic E-state index is 10.9. The summed E-state index contributed by atoms with van der Waals surface area (Å²) in [6.45, 7) is 2.97. The highest BCUT2D eigenvalue weighted by Gasteiger charge is 2.40. The molecular weight excluding hydrogens is 240 g/mol. The first-order valence-corrected chi connectivity index (χ1v) is 6.07. The van der Waals surface area contributed by atoms with Gasteiger partial charge in [-0.15, -0.1) is 0 Å². The number of pyridine rings is 1. The summed E-state index contributed by atoms with van der Waals surface area (Å²) in [5.41, 5.74) is 0.454. The van der Waals surface area contributed by atoms with E-state index in [1.807, 2.05) is 0 Å². The Hall–Kier alpha value is -1.29. The molecule has 0 amide bonds. The van der Waals surface area contributed by atoms with Gasteiger partial charge in [-0.3, -0.25) is 0 Å². The van der Waals surface area contributed by atoms with E-state index >= 15 is 0 Å². The number of halogens is 1. The number of aromatic carboxylic acids is 1. The lowest BCUT2D eigenvalue weighted by atomic mass is 10.0. The molecular formula is C12H15ClN2O2. The van der Waals surface area contributed by atoms with Crippen LogP contribution in [0.25, 0.3) is 0 Å². The maximum absolute atomic E-state index is 10.9. The molecule has 5 heteroatoms. The number of hydrogen-bond acceptors (Lipinski definition) is 3. The number of carboxylic acid groups (broad SMARTS) is 1. The van der Waals surface area contributed by atoms with E-state index < -0.39 is 5.97 Å². The molecule has 0 radical (unpaired) electrons. The number of nitrogens with zero attached hydrogens (tertiary/aromatic N) is 1. The predicted octanol–water partition coefficient (Wildman–Crippen LogP) is 3.04. The minimum atomic E-state index is -1.03. The van der Waals surface area contributed by atoms with Crippen molar-refractivity contribution in [2.24, 2.45) is 5.41 Å². The molecule has 4 nitrogen and oxygen atoms in total. The monoisotopic (exact) mass is 254 g/mol. The van der Waals surface area contributed by atoms with Crippen molar-refractivity contribution in [1.29, 1.82) is 0 Å². The van der Waals surface area contributed by atoms with Crippen LogP contribution >= 0.6 is 11.6 Å². The summed E-state index contributed by atoms with van der Waals surface area (Å²) in [4.78, 5) is 15.0. The zero-order valence-electron chi connectivity index (χ0n) is 9.66. The zero-order chi connectivity index (χ0) is 12.5. The molecule has 0 aliphatic heterocycles. The molecule has 1 aliphatic rings. The molecule has 1 heterocycles. The van der Waals surface area contributed by atoms with Gasteiger partial charge in [0.1, 0.15) is 5.82 Å². The van der Waals surface area contributed by atoms with E-state index in [9.17, 15) is 4.79 Å². The van der Waals surface area contributed by atoms with Crippen molar-refractivity contribution in [3.05, 3.63) is 22.8 Å². The fraction of sp³-hybridized carbons (Fsp3) is 0.500. The lowest BCUT2D eigenvalue weighted by Crippen LogP contribution is -2.16. The molecule has 0 aromatic carbocycles. The Morgan fingerprint density at radius 3 is 2.88 bits per heavy atom. The van der Waals surface area contributed by atoms with Gasteiger partial charge in [-0.2, -0.15) is 0 Å². The molecule has 1 aromatic heterocycles. The normalized spacial score (nSPS) is 16.6. The minimum Gasteiger partial charge on any atom is -0.478 e. The average molecular weight is 255 g/mol. The van der Waals surface area contributed by atoms with Gasteiger partial charge >= 0.3 is 5.97 Å². The Kier molecular flexibility index (Phi) is 3.24. The number of carbonyl (C=O) groups is 1. The molecule has 92 valence electrons. The molecule has 0 saturated heterocycles. The summed E-state index contributed by atoms with van der Waals surface area (Å²) in [5.74, 6) is -0.566. The molecule has 17 heavy (non-hydrogen) atoms. The number of nitrogens with one attached hydrogen (secondary N) is 1. The molecule has 1 saturated carbocycles. The topological polar surface area (TPSA) is 62.2 Å². The van der Waals surface area contributed by atoms with Crippen molar-refractivity contribution in [1.82, 2.24) is 4.98 Å². The highest BCUT2D eigenvalue weighted by molar-refractivity contribution is 6.35. The Bertz CT molecular complexity index is 444. The third kappa shape index (κ3) is 2.52. The Labute approximate surface area is 105 Å². The minimum absolute atomic E-state index is 0.0884. The molecule has 1 aromatic rings. The van der Waals surface area contributed by atoms with Gasteiger partial charge < -0.3 is 10.4 Å². The van der Waals surface area contributed by atoms with Gasteiger partial charge in [0.2, 0.25) is 0 Å². The second-order valence-corrected chi connectivity index (χ2v) is 4.91. The van der Waals surface area contributed by atoms with Crippen molar-refractivity contribution in [3.8, 4) is 0 Å². The quantitative estimate of drug-likeness (QED) is 0.848. The third-order valence-corrected chi connectivity index (χ3v) is 3.84. The molecule has 1 fully saturated rings. The van der Waals surface area contributed by atoms with E-state index in [1.165, 1.54) is 25.1 Å². The van der Waals surface area contributed by atoms with Crippen LogP contribution in [0.5, 0.6) is 0 Å². The first kappa shape index (κ1) is 12.2. The van der Waals surface area contributed by atoms with Crippen LogP contribution in [0.15, 0.2) is 12.3 Å². The van der Waals surface area contributed by atoms with Gasteiger partial charge in [0, 0.05) is 12.7 Å².